The second-order valence-electron chi connectivity index (χ2n) is 8.68. The maximum absolute atomic E-state index is 12.8. The Morgan fingerprint density at radius 1 is 1.06 bits per heavy atom. The van der Waals surface area contributed by atoms with Crippen LogP contribution in [0, 0.1) is 0 Å². The average molecular weight is 523 g/mol. The number of nitrogens with one attached hydrogen (secondary N) is 1. The van der Waals surface area contributed by atoms with E-state index in [-0.39, 0.29) is 17.8 Å². The Morgan fingerprint density at radius 3 is 2.40 bits per heavy atom. The van der Waals surface area contributed by atoms with Gasteiger partial charge in [-0.15, -0.1) is 5.10 Å². The van der Waals surface area contributed by atoms with E-state index in [4.69, 9.17) is 11.6 Å². The molecule has 2 amide bonds. The molecule has 2 saturated heterocycles. The van der Waals surface area contributed by atoms with E-state index in [0.29, 0.717) is 37.0 Å². The van der Waals surface area contributed by atoms with Crippen LogP contribution in [0.2, 0.25) is 5.02 Å². The predicted octanol–water partition coefficient (Wildman–Crippen LogP) is 1.24. The van der Waals surface area contributed by atoms with E-state index in [9.17, 15) is 18.4 Å². The van der Waals surface area contributed by atoms with E-state index in [1.165, 1.54) is 11.6 Å². The molecule has 1 atom stereocenters. The van der Waals surface area contributed by atoms with Crippen LogP contribution in [0.3, 0.4) is 0 Å². The number of benzene rings is 1. The molecule has 1 N–H and O–H groups in total. The summed E-state index contributed by atoms with van der Waals surface area (Å²) in [7, 11) is 0. The molecular formula is C22H29ClN7O4S-. The van der Waals surface area contributed by atoms with Crippen LogP contribution in [0.4, 0.5) is 16.3 Å². The number of hydrogen-bond acceptors (Lipinski definition) is 8. The Hall–Kier alpha value is -2.51. The second-order valence-corrected chi connectivity index (χ2v) is 9.99. The van der Waals surface area contributed by atoms with Crippen LogP contribution in [0.15, 0.2) is 30.5 Å². The van der Waals surface area contributed by atoms with Crippen LogP contribution in [0.25, 0.3) is 0 Å². The monoisotopic (exact) mass is 522 g/mol. The van der Waals surface area contributed by atoms with E-state index < -0.39 is 11.1 Å². The van der Waals surface area contributed by atoms with Gasteiger partial charge in [0.05, 0.1) is 5.88 Å². The third kappa shape index (κ3) is 6.79. The number of halogens is 1. The summed E-state index contributed by atoms with van der Waals surface area (Å²) in [6.07, 6.45) is 1.55. The number of aromatic nitrogens is 2. The number of piperazine rings is 2. The zero-order chi connectivity index (χ0) is 24.9. The summed E-state index contributed by atoms with van der Waals surface area (Å²) in [5.41, 5.74) is 2.22. The third-order valence-corrected chi connectivity index (χ3v) is 6.99. The van der Waals surface area contributed by atoms with Crippen molar-refractivity contribution in [1.82, 2.24) is 24.5 Å². The van der Waals surface area contributed by atoms with E-state index >= 15 is 0 Å². The smallest absolute Gasteiger partial charge is 0.344 e. The quantitative estimate of drug-likeness (QED) is 0.563. The number of nitrogens with zero attached hydrogens (tertiary/aromatic N) is 6. The highest BCUT2D eigenvalue weighted by atomic mass is 35.5. The summed E-state index contributed by atoms with van der Waals surface area (Å²) in [5, 5.41) is 7.37. The van der Waals surface area contributed by atoms with Crippen LogP contribution in [-0.2, 0) is 22.4 Å². The van der Waals surface area contributed by atoms with Gasteiger partial charge in [-0.1, -0.05) is 17.7 Å². The van der Waals surface area contributed by atoms with E-state index in [1.807, 2.05) is 23.1 Å². The lowest BCUT2D eigenvalue weighted by molar-refractivity contribution is -0.114. The lowest BCUT2D eigenvalue weighted by Crippen LogP contribution is -2.50. The maximum Gasteiger partial charge on any atom is 0.344 e. The number of hydrogen-bond donors (Lipinski definition) is 1. The first kappa shape index (κ1) is 25.6. The minimum atomic E-state index is -2.07. The van der Waals surface area contributed by atoms with Gasteiger partial charge in [-0.05, 0) is 28.8 Å². The van der Waals surface area contributed by atoms with Crippen molar-refractivity contribution in [2.24, 2.45) is 0 Å². The predicted molar refractivity (Wildman–Crippen MR) is 133 cm³/mol. The van der Waals surface area contributed by atoms with Gasteiger partial charge in [0.25, 0.3) is 0 Å². The Labute approximate surface area is 211 Å². The normalized spacial score (nSPS) is 18.5. The molecule has 3 heterocycles. The molecule has 2 aliphatic rings. The van der Waals surface area contributed by atoms with Gasteiger partial charge in [0, 0.05) is 88.8 Å². The largest absolute Gasteiger partial charge is 0.771 e. The first-order valence-electron chi connectivity index (χ1n) is 11.4. The standard InChI is InChI=1S/C22H30ClN7O4S/c1-17(31)24-21-4-5-30(25-21)22(32)29-12-6-26(7-13-29)15-18-2-3-19(23)14-20(18)28-10-8-27(9-11-28)16-35(33)34/h2-5,14H,6-13,15-16H2,1H3,(H,33,34)(H,24,25,31)/p-1. The minimum Gasteiger partial charge on any atom is -0.771 e. The summed E-state index contributed by atoms with van der Waals surface area (Å²) >= 11 is 4.24. The molecule has 1 aromatic heterocycles. The SMILES string of the molecule is CC(=O)Nc1ccn(C(=O)N2CCN(Cc3ccc(Cl)cc3N3CCN(CS(=O)[O-])CC3)CC2)n1. The Bertz CT molecular complexity index is 1080. The van der Waals surface area contributed by atoms with Gasteiger partial charge in [0.2, 0.25) is 5.91 Å². The molecule has 2 aliphatic heterocycles. The maximum atomic E-state index is 12.8. The molecule has 0 aliphatic carbocycles. The van der Waals surface area contributed by atoms with Crippen molar-refractivity contribution in [3.63, 3.8) is 0 Å². The molecule has 2 aromatic rings. The topological polar surface area (TPSA) is 117 Å². The highest BCUT2D eigenvalue weighted by Crippen LogP contribution is 2.27. The first-order valence-corrected chi connectivity index (χ1v) is 13.1. The molecule has 0 spiro atoms. The minimum absolute atomic E-state index is 0.0618. The lowest BCUT2D eigenvalue weighted by Gasteiger charge is -2.38. The van der Waals surface area contributed by atoms with Gasteiger partial charge < -0.3 is 19.7 Å². The number of rotatable bonds is 6. The van der Waals surface area contributed by atoms with Gasteiger partial charge in [-0.3, -0.25) is 18.8 Å². The van der Waals surface area contributed by atoms with Gasteiger partial charge in [-0.2, -0.15) is 4.68 Å². The second kappa shape index (κ2) is 11.5. The summed E-state index contributed by atoms with van der Waals surface area (Å²) in [5.74, 6) is 0.173. The molecule has 11 nitrogen and oxygen atoms in total. The fourth-order valence-corrected chi connectivity index (χ4v) is 5.12. The highest BCUT2D eigenvalue weighted by molar-refractivity contribution is 7.79. The molecule has 13 heteroatoms. The van der Waals surface area contributed by atoms with Crippen LogP contribution in [0.5, 0.6) is 0 Å². The first-order chi connectivity index (χ1) is 16.8. The number of anilines is 2. The molecule has 2 fully saturated rings. The summed E-state index contributed by atoms with van der Waals surface area (Å²) in [4.78, 5) is 32.2. The van der Waals surface area contributed by atoms with Gasteiger partial charge in [0.1, 0.15) is 0 Å². The number of carbonyl (C=O) groups is 2. The average Bonchev–Trinajstić information content (AvgIpc) is 3.28. The van der Waals surface area contributed by atoms with Crippen LogP contribution in [0.1, 0.15) is 12.5 Å². The Kier molecular flexibility index (Phi) is 8.39. The van der Waals surface area contributed by atoms with E-state index in [1.54, 1.807) is 17.2 Å². The number of amides is 2. The molecule has 0 bridgehead atoms. The highest BCUT2D eigenvalue weighted by Gasteiger charge is 2.25. The zero-order valence-electron chi connectivity index (χ0n) is 19.6. The fourth-order valence-electron chi connectivity index (χ4n) is 4.39. The Morgan fingerprint density at radius 2 is 1.74 bits per heavy atom. The van der Waals surface area contributed by atoms with Crippen molar-refractivity contribution in [3.8, 4) is 0 Å². The van der Waals surface area contributed by atoms with Crippen molar-refractivity contribution >= 4 is 46.1 Å². The summed E-state index contributed by atoms with van der Waals surface area (Å²) in [6, 6.07) is 7.29. The summed E-state index contributed by atoms with van der Waals surface area (Å²) < 4.78 is 23.3. The van der Waals surface area contributed by atoms with Crippen LogP contribution >= 0.6 is 11.6 Å². The van der Waals surface area contributed by atoms with Crippen LogP contribution in [-0.4, -0.2) is 103 Å². The number of carbonyl (C=O) groups excluding carboxylic acids is 2. The van der Waals surface area contributed by atoms with Gasteiger partial charge >= 0.3 is 6.03 Å². The third-order valence-electron chi connectivity index (χ3n) is 6.17. The molecule has 0 saturated carbocycles. The molecule has 0 radical (unpaired) electrons. The van der Waals surface area contributed by atoms with Gasteiger partial charge in [-0.25, -0.2) is 4.79 Å². The van der Waals surface area contributed by atoms with Crippen molar-refractivity contribution < 1.29 is 18.4 Å². The van der Waals surface area contributed by atoms with Crippen molar-refractivity contribution in [2.75, 3.05) is 68.5 Å². The molecule has 4 rings (SSSR count). The lowest BCUT2D eigenvalue weighted by atomic mass is 10.1. The van der Waals surface area contributed by atoms with Crippen molar-refractivity contribution in [2.45, 2.75) is 13.5 Å². The van der Waals surface area contributed by atoms with Gasteiger partial charge in [0.15, 0.2) is 5.82 Å². The van der Waals surface area contributed by atoms with E-state index in [2.05, 4.69) is 20.2 Å². The molecular weight excluding hydrogens is 494 g/mol. The summed E-state index contributed by atoms with van der Waals surface area (Å²) in [6.45, 7) is 7.53. The fraction of sp³-hybridized carbons (Fsp3) is 0.500. The van der Waals surface area contributed by atoms with Crippen LogP contribution < -0.4 is 10.2 Å². The molecule has 1 unspecified atom stereocenters. The van der Waals surface area contributed by atoms with Crippen molar-refractivity contribution in [1.29, 1.82) is 0 Å². The molecule has 1 aromatic carbocycles. The van der Waals surface area contributed by atoms with E-state index in [0.717, 1.165) is 44.0 Å². The zero-order valence-corrected chi connectivity index (χ0v) is 21.1. The Balaban J connectivity index is 1.34. The molecule has 35 heavy (non-hydrogen) atoms. The molecule has 190 valence electrons. The van der Waals surface area contributed by atoms with Crippen molar-refractivity contribution in [3.05, 3.63) is 41.0 Å².